The van der Waals surface area contributed by atoms with Gasteiger partial charge in [0.05, 0.1) is 11.3 Å². The topological polar surface area (TPSA) is 71.4 Å². The molecule has 5 heterocycles. The second kappa shape index (κ2) is 7.05. The molecule has 0 saturated carbocycles. The lowest BCUT2D eigenvalue weighted by atomic mass is 10.00. The lowest BCUT2D eigenvalue weighted by Gasteiger charge is -2.44. The molecule has 2 fully saturated rings. The molecule has 0 amide bonds. The molecule has 0 spiro atoms. The van der Waals surface area contributed by atoms with Crippen LogP contribution in [-0.2, 0) is 0 Å². The number of aryl methyl sites for hydroxylation is 2. The summed E-state index contributed by atoms with van der Waals surface area (Å²) in [5.41, 5.74) is 2.38. The molecule has 3 aromatic heterocycles. The number of hydrogen-bond acceptors (Lipinski definition) is 7. The summed E-state index contributed by atoms with van der Waals surface area (Å²) in [7, 11) is 0. The van der Waals surface area contributed by atoms with Gasteiger partial charge in [-0.1, -0.05) is 11.6 Å². The van der Waals surface area contributed by atoms with E-state index in [-0.39, 0.29) is 0 Å². The van der Waals surface area contributed by atoms with Crippen LogP contribution >= 0.6 is 0 Å². The quantitative estimate of drug-likeness (QED) is 0.687. The fourth-order valence-electron chi connectivity index (χ4n) is 4.28. The zero-order valence-electron chi connectivity index (χ0n) is 16.4. The van der Waals surface area contributed by atoms with Gasteiger partial charge in [0.25, 0.3) is 0 Å². The number of fused-ring (bicyclic) bond motifs is 1. The maximum absolute atomic E-state index is 5.89. The molecular weight excluding hydrogens is 354 g/mol. The molecule has 28 heavy (non-hydrogen) atoms. The molecule has 146 valence electrons. The van der Waals surface area contributed by atoms with Gasteiger partial charge in [0, 0.05) is 37.9 Å². The molecule has 7 heteroatoms. The molecule has 3 aromatic rings. The molecule has 0 radical (unpaired) electrons. The number of piperazine rings is 1. The second-order valence-corrected chi connectivity index (χ2v) is 7.81. The first kappa shape index (κ1) is 17.4. The molecule has 0 N–H and O–H groups in total. The van der Waals surface area contributed by atoms with Crippen LogP contribution in [0.2, 0.25) is 0 Å². The first-order valence-corrected chi connectivity index (χ1v) is 10.0. The van der Waals surface area contributed by atoms with E-state index in [1.165, 1.54) is 25.8 Å². The third-order valence-electron chi connectivity index (χ3n) is 5.76. The Morgan fingerprint density at radius 3 is 2.79 bits per heavy atom. The lowest BCUT2D eigenvalue weighted by Crippen LogP contribution is -2.55. The minimum atomic E-state index is 0.608. The normalized spacial score (nSPS) is 20.4. The van der Waals surface area contributed by atoms with Crippen LogP contribution in [-0.4, -0.2) is 52.2 Å². The van der Waals surface area contributed by atoms with E-state index in [0.29, 0.717) is 11.8 Å². The van der Waals surface area contributed by atoms with Gasteiger partial charge in [0.1, 0.15) is 11.5 Å². The maximum Gasteiger partial charge on any atom is 0.226 e. The van der Waals surface area contributed by atoms with Crippen LogP contribution in [0.4, 0.5) is 5.95 Å². The minimum absolute atomic E-state index is 0.608. The number of rotatable bonds is 3. The first-order chi connectivity index (χ1) is 13.7. The van der Waals surface area contributed by atoms with Gasteiger partial charge in [-0.25, -0.2) is 9.97 Å². The van der Waals surface area contributed by atoms with Crippen LogP contribution < -0.4 is 4.90 Å². The minimum Gasteiger partial charge on any atom is -0.460 e. The molecule has 2 aliphatic heterocycles. The fourth-order valence-corrected chi connectivity index (χ4v) is 4.28. The number of nitrogens with zero attached hydrogens (tertiary/aromatic N) is 5. The van der Waals surface area contributed by atoms with E-state index in [4.69, 9.17) is 13.9 Å². The highest BCUT2D eigenvalue weighted by Crippen LogP contribution is 2.33. The van der Waals surface area contributed by atoms with Gasteiger partial charge in [-0.05, 0) is 45.4 Å². The van der Waals surface area contributed by atoms with Crippen LogP contribution in [0.1, 0.15) is 30.7 Å². The van der Waals surface area contributed by atoms with Crippen LogP contribution in [0, 0.1) is 13.8 Å². The smallest absolute Gasteiger partial charge is 0.226 e. The van der Waals surface area contributed by atoms with Crippen molar-refractivity contribution in [2.75, 3.05) is 31.1 Å². The second-order valence-electron chi connectivity index (χ2n) is 7.81. The van der Waals surface area contributed by atoms with E-state index < -0.39 is 0 Å². The molecule has 7 nitrogen and oxygen atoms in total. The molecule has 2 aliphatic rings. The molecule has 5 rings (SSSR count). The van der Waals surface area contributed by atoms with Crippen LogP contribution in [0.25, 0.3) is 22.8 Å². The van der Waals surface area contributed by atoms with Crippen molar-refractivity contribution in [3.8, 4) is 22.8 Å². The van der Waals surface area contributed by atoms with Crippen molar-refractivity contribution >= 4 is 5.95 Å². The number of piperidine rings is 1. The average Bonchev–Trinajstić information content (AvgIpc) is 3.35. The molecule has 0 unspecified atom stereocenters. The Morgan fingerprint density at radius 1 is 1.07 bits per heavy atom. The highest BCUT2D eigenvalue weighted by atomic mass is 16.5. The van der Waals surface area contributed by atoms with E-state index in [2.05, 4.69) is 19.9 Å². The molecule has 1 atom stereocenters. The predicted octanol–water partition coefficient (Wildman–Crippen LogP) is 3.68. The third-order valence-corrected chi connectivity index (χ3v) is 5.76. The predicted molar refractivity (Wildman–Crippen MR) is 106 cm³/mol. The van der Waals surface area contributed by atoms with Crippen molar-refractivity contribution in [1.82, 2.24) is 20.0 Å². The summed E-state index contributed by atoms with van der Waals surface area (Å²) in [4.78, 5) is 14.5. The van der Waals surface area contributed by atoms with Crippen molar-refractivity contribution in [1.29, 1.82) is 0 Å². The summed E-state index contributed by atoms with van der Waals surface area (Å²) in [6.45, 7) is 8.08. The highest BCUT2D eigenvalue weighted by molar-refractivity contribution is 5.76. The van der Waals surface area contributed by atoms with Gasteiger partial charge in [0.15, 0.2) is 11.5 Å². The van der Waals surface area contributed by atoms with Crippen LogP contribution in [0.15, 0.2) is 33.3 Å². The maximum atomic E-state index is 5.89. The largest absolute Gasteiger partial charge is 0.460 e. The highest BCUT2D eigenvalue weighted by Gasteiger charge is 2.30. The monoisotopic (exact) mass is 379 g/mol. The number of hydrogen-bond donors (Lipinski definition) is 0. The first-order valence-electron chi connectivity index (χ1n) is 10.0. The van der Waals surface area contributed by atoms with Crippen LogP contribution in [0.3, 0.4) is 0 Å². The van der Waals surface area contributed by atoms with Crippen molar-refractivity contribution in [2.45, 2.75) is 39.2 Å². The van der Waals surface area contributed by atoms with Gasteiger partial charge < -0.3 is 13.8 Å². The Morgan fingerprint density at radius 2 is 2.00 bits per heavy atom. The summed E-state index contributed by atoms with van der Waals surface area (Å²) in [5, 5.41) is 4.01. The summed E-state index contributed by atoms with van der Waals surface area (Å²) in [6.07, 6.45) is 5.73. The molecular formula is C21H25N5O2. The van der Waals surface area contributed by atoms with Gasteiger partial charge in [-0.15, -0.1) is 0 Å². The SMILES string of the molecule is Cc1cc(-c2cnc(N3CCN4CCCC[C@@H]4C3)nc2-c2ccc(C)o2)on1. The molecule has 2 saturated heterocycles. The zero-order chi connectivity index (χ0) is 19.1. The average molecular weight is 379 g/mol. The Hall–Kier alpha value is -2.67. The summed E-state index contributed by atoms with van der Waals surface area (Å²) in [5.74, 6) is 2.99. The Labute approximate surface area is 164 Å². The Balaban J connectivity index is 1.51. The van der Waals surface area contributed by atoms with Crippen molar-refractivity contribution < 1.29 is 8.94 Å². The molecule has 0 aromatic carbocycles. The van der Waals surface area contributed by atoms with Gasteiger partial charge in [-0.2, -0.15) is 0 Å². The van der Waals surface area contributed by atoms with E-state index in [1.54, 1.807) is 0 Å². The number of furan rings is 1. The third kappa shape index (κ3) is 3.20. The summed E-state index contributed by atoms with van der Waals surface area (Å²) >= 11 is 0. The standard InChI is InChI=1S/C21H25N5O2/c1-14-11-19(28-24-14)17-12-22-21(23-20(17)18-7-6-15(2)27-18)26-10-9-25-8-4-3-5-16(25)13-26/h6-7,11-12,16H,3-5,8-10,13H2,1-2H3/t16-/m1/s1. The van der Waals surface area contributed by atoms with Crippen LogP contribution in [0.5, 0.6) is 0 Å². The fraction of sp³-hybridized carbons (Fsp3) is 0.476. The van der Waals surface area contributed by atoms with E-state index in [1.807, 2.05) is 38.2 Å². The Bertz CT molecular complexity index is 979. The van der Waals surface area contributed by atoms with Gasteiger partial charge in [0.2, 0.25) is 5.95 Å². The van der Waals surface area contributed by atoms with Gasteiger partial charge in [-0.3, -0.25) is 4.90 Å². The van der Waals surface area contributed by atoms with E-state index in [9.17, 15) is 0 Å². The summed E-state index contributed by atoms with van der Waals surface area (Å²) in [6, 6.07) is 6.41. The lowest BCUT2D eigenvalue weighted by molar-refractivity contribution is 0.133. The number of aromatic nitrogens is 3. The van der Waals surface area contributed by atoms with Crippen molar-refractivity contribution in [2.24, 2.45) is 0 Å². The molecule has 0 bridgehead atoms. The van der Waals surface area contributed by atoms with E-state index >= 15 is 0 Å². The van der Waals surface area contributed by atoms with Crippen molar-refractivity contribution in [3.05, 3.63) is 35.9 Å². The number of anilines is 1. The summed E-state index contributed by atoms with van der Waals surface area (Å²) < 4.78 is 11.4. The van der Waals surface area contributed by atoms with Crippen molar-refractivity contribution in [3.63, 3.8) is 0 Å². The zero-order valence-corrected chi connectivity index (χ0v) is 16.4. The van der Waals surface area contributed by atoms with E-state index in [0.717, 1.165) is 54.1 Å². The Kier molecular flexibility index (Phi) is 4.39. The molecule has 0 aliphatic carbocycles. The van der Waals surface area contributed by atoms with Gasteiger partial charge >= 0.3 is 0 Å².